The van der Waals surface area contributed by atoms with Crippen LogP contribution in [-0.4, -0.2) is 37.9 Å². The van der Waals surface area contributed by atoms with Crippen molar-refractivity contribution in [2.24, 2.45) is 0 Å². The van der Waals surface area contributed by atoms with Crippen LogP contribution in [0.3, 0.4) is 0 Å². The molecule has 5 nitrogen and oxygen atoms in total. The van der Waals surface area contributed by atoms with Crippen molar-refractivity contribution < 1.29 is 23.8 Å². The minimum absolute atomic E-state index is 0.0695. The van der Waals surface area contributed by atoms with Crippen LogP contribution < -0.4 is 0 Å². The van der Waals surface area contributed by atoms with Gasteiger partial charge in [-0.15, -0.1) is 0 Å². The standard InChI is InChI=1S/C59H102O5/c1-4-7-10-13-16-19-22-25-28-30-32-34-37-40-43-46-49-52-58(60)63-56-57(55-62-54-51-48-45-42-39-36-27-24-21-18-15-12-9-6-3)64-59(61)53-50-47-44-41-38-35-33-31-29-26-23-20-17-14-11-8-5-2/h7,10,12,15-17,19-21,24-26,28-29,57H,4-6,8-9,11,13-14,18,22-23,27,30-56H2,1-3H3/b10-7-,15-12-,19-16-,20-17-,24-21-,28-25-,29-26-. The first-order valence-electron chi connectivity index (χ1n) is 27.1. The Kier molecular flexibility index (Phi) is 51.9. The van der Waals surface area contributed by atoms with Gasteiger partial charge in [-0.1, -0.05) is 215 Å². The summed E-state index contributed by atoms with van der Waals surface area (Å²) in [5.74, 6) is -0.421. The van der Waals surface area contributed by atoms with Gasteiger partial charge in [-0.25, -0.2) is 0 Å². The van der Waals surface area contributed by atoms with E-state index in [0.29, 0.717) is 19.4 Å². The highest BCUT2D eigenvalue weighted by Crippen LogP contribution is 2.14. The first-order valence-corrected chi connectivity index (χ1v) is 27.1. The fourth-order valence-electron chi connectivity index (χ4n) is 7.36. The number of carbonyl (C=O) groups is 2. The molecule has 0 heterocycles. The van der Waals surface area contributed by atoms with Crippen LogP contribution in [0.15, 0.2) is 85.1 Å². The molecule has 0 aromatic heterocycles. The zero-order valence-corrected chi connectivity index (χ0v) is 42.3. The summed E-state index contributed by atoms with van der Waals surface area (Å²) in [6, 6.07) is 0. The Balaban J connectivity index is 4.31. The highest BCUT2D eigenvalue weighted by Gasteiger charge is 2.17. The Bertz CT molecular complexity index is 1190. The molecule has 0 rings (SSSR count). The van der Waals surface area contributed by atoms with Gasteiger partial charge in [-0.05, 0) is 109 Å². The molecule has 1 atom stereocenters. The normalized spacial score (nSPS) is 12.9. The largest absolute Gasteiger partial charge is 0.462 e. The van der Waals surface area contributed by atoms with Crippen LogP contribution in [-0.2, 0) is 23.8 Å². The molecule has 0 amide bonds. The molecular formula is C59H102O5. The zero-order valence-electron chi connectivity index (χ0n) is 42.3. The summed E-state index contributed by atoms with van der Waals surface area (Å²) >= 11 is 0. The molecule has 0 aliphatic carbocycles. The Morgan fingerprint density at radius 2 is 0.734 bits per heavy atom. The maximum Gasteiger partial charge on any atom is 0.306 e. The van der Waals surface area contributed by atoms with Gasteiger partial charge in [0.25, 0.3) is 0 Å². The van der Waals surface area contributed by atoms with Crippen LogP contribution in [0.5, 0.6) is 0 Å². The van der Waals surface area contributed by atoms with Crippen molar-refractivity contribution in [1.82, 2.24) is 0 Å². The van der Waals surface area contributed by atoms with E-state index in [1.807, 2.05) is 0 Å². The predicted molar refractivity (Wildman–Crippen MR) is 279 cm³/mol. The first kappa shape index (κ1) is 61.1. The van der Waals surface area contributed by atoms with Gasteiger partial charge in [0, 0.05) is 19.4 Å². The first-order chi connectivity index (χ1) is 31.6. The molecule has 0 spiro atoms. The third-order valence-electron chi connectivity index (χ3n) is 11.4. The fraction of sp³-hybridized carbons (Fsp3) is 0.729. The molecule has 1 unspecified atom stereocenters. The zero-order chi connectivity index (χ0) is 46.3. The van der Waals surface area contributed by atoms with Crippen LogP contribution in [0.4, 0.5) is 0 Å². The highest BCUT2D eigenvalue weighted by atomic mass is 16.6. The van der Waals surface area contributed by atoms with E-state index in [1.165, 1.54) is 128 Å². The van der Waals surface area contributed by atoms with Crippen LogP contribution in [0.25, 0.3) is 0 Å². The third kappa shape index (κ3) is 51.7. The summed E-state index contributed by atoms with van der Waals surface area (Å²) in [7, 11) is 0. The van der Waals surface area contributed by atoms with Crippen molar-refractivity contribution in [3.8, 4) is 0 Å². The lowest BCUT2D eigenvalue weighted by Gasteiger charge is -2.18. The molecule has 0 bridgehead atoms. The van der Waals surface area contributed by atoms with E-state index in [2.05, 4.69) is 106 Å². The number of esters is 2. The highest BCUT2D eigenvalue weighted by molar-refractivity contribution is 5.70. The van der Waals surface area contributed by atoms with Crippen molar-refractivity contribution in [3.05, 3.63) is 85.1 Å². The second-order valence-electron chi connectivity index (χ2n) is 17.7. The van der Waals surface area contributed by atoms with E-state index < -0.39 is 6.10 Å². The van der Waals surface area contributed by atoms with E-state index in [-0.39, 0.29) is 25.2 Å². The Morgan fingerprint density at radius 1 is 0.359 bits per heavy atom. The summed E-state index contributed by atoms with van der Waals surface area (Å²) < 4.78 is 17.4. The Hall–Kier alpha value is -2.92. The minimum Gasteiger partial charge on any atom is -0.462 e. The molecule has 0 aromatic rings. The van der Waals surface area contributed by atoms with Gasteiger partial charge in [0.15, 0.2) is 6.10 Å². The molecule has 0 aliphatic heterocycles. The monoisotopic (exact) mass is 891 g/mol. The van der Waals surface area contributed by atoms with Gasteiger partial charge in [0.1, 0.15) is 6.61 Å². The summed E-state index contributed by atoms with van der Waals surface area (Å²) in [5.41, 5.74) is 0. The summed E-state index contributed by atoms with van der Waals surface area (Å²) in [4.78, 5) is 25.5. The van der Waals surface area contributed by atoms with E-state index in [9.17, 15) is 9.59 Å². The number of ether oxygens (including phenoxy) is 3. The predicted octanol–water partition coefficient (Wildman–Crippen LogP) is 18.5. The smallest absolute Gasteiger partial charge is 0.306 e. The van der Waals surface area contributed by atoms with Crippen LogP contribution >= 0.6 is 0 Å². The molecule has 0 N–H and O–H groups in total. The Morgan fingerprint density at radius 3 is 1.19 bits per heavy atom. The number of allylic oxidation sites excluding steroid dienone is 14. The molecule has 64 heavy (non-hydrogen) atoms. The van der Waals surface area contributed by atoms with Crippen LogP contribution in [0.1, 0.15) is 252 Å². The average molecular weight is 891 g/mol. The quantitative estimate of drug-likeness (QED) is 0.0346. The van der Waals surface area contributed by atoms with Gasteiger partial charge < -0.3 is 14.2 Å². The van der Waals surface area contributed by atoms with Gasteiger partial charge in [-0.3, -0.25) is 9.59 Å². The average Bonchev–Trinajstić information content (AvgIpc) is 3.30. The fourth-order valence-corrected chi connectivity index (χ4v) is 7.36. The van der Waals surface area contributed by atoms with Crippen LogP contribution in [0, 0.1) is 0 Å². The van der Waals surface area contributed by atoms with E-state index in [4.69, 9.17) is 14.2 Å². The molecule has 0 saturated heterocycles. The van der Waals surface area contributed by atoms with Crippen molar-refractivity contribution in [1.29, 1.82) is 0 Å². The van der Waals surface area contributed by atoms with Crippen molar-refractivity contribution in [3.63, 3.8) is 0 Å². The minimum atomic E-state index is -0.554. The number of rotatable bonds is 49. The molecule has 368 valence electrons. The lowest BCUT2D eigenvalue weighted by atomic mass is 10.1. The van der Waals surface area contributed by atoms with Gasteiger partial charge in [-0.2, -0.15) is 0 Å². The molecule has 0 saturated carbocycles. The number of carbonyl (C=O) groups excluding carboxylic acids is 2. The number of unbranched alkanes of at least 4 members (excludes halogenated alkanes) is 24. The van der Waals surface area contributed by atoms with Crippen molar-refractivity contribution in [2.75, 3.05) is 19.8 Å². The maximum atomic E-state index is 12.8. The van der Waals surface area contributed by atoms with Crippen molar-refractivity contribution in [2.45, 2.75) is 258 Å². The lowest BCUT2D eigenvalue weighted by molar-refractivity contribution is -0.163. The second kappa shape index (κ2) is 54.4. The number of hydrogen-bond donors (Lipinski definition) is 0. The molecule has 0 aromatic carbocycles. The molecular weight excluding hydrogens is 789 g/mol. The van der Waals surface area contributed by atoms with Gasteiger partial charge >= 0.3 is 11.9 Å². The Labute approximate surface area is 397 Å². The third-order valence-corrected chi connectivity index (χ3v) is 11.4. The maximum absolute atomic E-state index is 12.8. The second-order valence-corrected chi connectivity index (χ2v) is 17.7. The van der Waals surface area contributed by atoms with Crippen molar-refractivity contribution >= 4 is 11.9 Å². The summed E-state index contributed by atoms with van der Waals surface area (Å²) in [6.07, 6.45) is 71.6. The molecule has 5 heteroatoms. The van der Waals surface area contributed by atoms with E-state index in [1.54, 1.807) is 0 Å². The SMILES string of the molecule is CC/C=C\C/C=C\C/C=C\CCCCCCCCCC(=O)OCC(COCCCCCCCC/C=C\C/C=C\CCC)OC(=O)CCCCCCCCC/C=C\C/C=C\CCCCC. The van der Waals surface area contributed by atoms with Crippen LogP contribution in [0.2, 0.25) is 0 Å². The summed E-state index contributed by atoms with van der Waals surface area (Å²) in [5, 5.41) is 0. The van der Waals surface area contributed by atoms with E-state index >= 15 is 0 Å². The topological polar surface area (TPSA) is 61.8 Å². The number of hydrogen-bond acceptors (Lipinski definition) is 5. The summed E-state index contributed by atoms with van der Waals surface area (Å²) in [6.45, 7) is 7.60. The molecule has 0 fully saturated rings. The van der Waals surface area contributed by atoms with E-state index in [0.717, 1.165) is 89.9 Å². The van der Waals surface area contributed by atoms with Gasteiger partial charge in [0.05, 0.1) is 6.61 Å². The molecule has 0 aliphatic rings. The van der Waals surface area contributed by atoms with Gasteiger partial charge in [0.2, 0.25) is 0 Å². The lowest BCUT2D eigenvalue weighted by Crippen LogP contribution is -2.30. The molecule has 0 radical (unpaired) electrons.